The molecule has 14 heavy (non-hydrogen) atoms. The second kappa shape index (κ2) is 4.38. The Hall–Kier alpha value is -0.450. The summed E-state index contributed by atoms with van der Waals surface area (Å²) in [6.45, 7) is 2.97. The molecule has 0 bridgehead atoms. The maximum Gasteiger partial charge on any atom is 0.106 e. The SMILES string of the molecule is CN1CCC(c2csc(CN)n2)CC1. The van der Waals surface area contributed by atoms with Crippen LogP contribution in [0.3, 0.4) is 0 Å². The van der Waals surface area contributed by atoms with E-state index in [9.17, 15) is 0 Å². The fourth-order valence-corrected chi connectivity index (χ4v) is 2.67. The third-order valence-corrected chi connectivity index (χ3v) is 3.77. The van der Waals surface area contributed by atoms with Crippen molar-refractivity contribution in [2.75, 3.05) is 20.1 Å². The molecule has 0 unspecified atom stereocenters. The van der Waals surface area contributed by atoms with E-state index in [1.807, 2.05) is 0 Å². The molecule has 1 aromatic rings. The minimum Gasteiger partial charge on any atom is -0.325 e. The molecule has 0 aliphatic carbocycles. The van der Waals surface area contributed by atoms with E-state index in [0.717, 1.165) is 5.01 Å². The molecule has 3 nitrogen and oxygen atoms in total. The third kappa shape index (κ3) is 2.13. The second-order valence-electron chi connectivity index (χ2n) is 3.95. The van der Waals surface area contributed by atoms with Crippen molar-refractivity contribution in [2.45, 2.75) is 25.3 Å². The van der Waals surface area contributed by atoms with Gasteiger partial charge in [0.2, 0.25) is 0 Å². The average Bonchev–Trinajstić information content (AvgIpc) is 2.67. The molecule has 0 spiro atoms. The molecule has 0 amide bonds. The van der Waals surface area contributed by atoms with Gasteiger partial charge in [0, 0.05) is 17.8 Å². The predicted molar refractivity (Wildman–Crippen MR) is 59.5 cm³/mol. The van der Waals surface area contributed by atoms with Crippen LogP contribution in [-0.4, -0.2) is 30.0 Å². The van der Waals surface area contributed by atoms with E-state index in [-0.39, 0.29) is 0 Å². The molecule has 0 saturated carbocycles. The van der Waals surface area contributed by atoms with E-state index in [2.05, 4.69) is 22.3 Å². The van der Waals surface area contributed by atoms with Crippen LogP contribution >= 0.6 is 11.3 Å². The van der Waals surface area contributed by atoms with Crippen molar-refractivity contribution in [1.82, 2.24) is 9.88 Å². The third-order valence-electron chi connectivity index (χ3n) is 2.88. The van der Waals surface area contributed by atoms with E-state index in [1.54, 1.807) is 11.3 Å². The summed E-state index contributed by atoms with van der Waals surface area (Å²) in [5, 5.41) is 3.25. The number of aromatic nitrogens is 1. The first-order valence-electron chi connectivity index (χ1n) is 5.12. The first-order valence-corrected chi connectivity index (χ1v) is 6.00. The van der Waals surface area contributed by atoms with Crippen LogP contribution in [0.15, 0.2) is 5.38 Å². The zero-order valence-corrected chi connectivity index (χ0v) is 9.39. The number of likely N-dealkylation sites (tertiary alicyclic amines) is 1. The van der Waals surface area contributed by atoms with Crippen LogP contribution in [0, 0.1) is 0 Å². The summed E-state index contributed by atoms with van der Waals surface area (Å²) >= 11 is 1.69. The topological polar surface area (TPSA) is 42.1 Å². The van der Waals surface area contributed by atoms with Gasteiger partial charge in [-0.25, -0.2) is 4.98 Å². The highest BCUT2D eigenvalue weighted by molar-refractivity contribution is 7.09. The van der Waals surface area contributed by atoms with Gasteiger partial charge in [-0.15, -0.1) is 11.3 Å². The van der Waals surface area contributed by atoms with E-state index < -0.39 is 0 Å². The van der Waals surface area contributed by atoms with Gasteiger partial charge in [0.25, 0.3) is 0 Å². The summed E-state index contributed by atoms with van der Waals surface area (Å²) in [7, 11) is 2.18. The molecule has 1 aliphatic rings. The highest BCUT2D eigenvalue weighted by Crippen LogP contribution is 2.28. The normalized spacial score (nSPS) is 20.1. The van der Waals surface area contributed by atoms with Gasteiger partial charge in [-0.1, -0.05) is 0 Å². The van der Waals surface area contributed by atoms with Gasteiger partial charge < -0.3 is 10.6 Å². The molecule has 78 valence electrons. The van der Waals surface area contributed by atoms with Gasteiger partial charge in [-0.2, -0.15) is 0 Å². The number of piperidine rings is 1. The van der Waals surface area contributed by atoms with Crippen molar-refractivity contribution in [2.24, 2.45) is 5.73 Å². The lowest BCUT2D eigenvalue weighted by Crippen LogP contribution is -2.29. The molecule has 2 N–H and O–H groups in total. The standard InChI is InChI=1S/C10H17N3S/c1-13-4-2-8(3-5-13)9-7-14-10(6-11)12-9/h7-8H,2-6,11H2,1H3. The fraction of sp³-hybridized carbons (Fsp3) is 0.700. The molecular formula is C10H17N3S. The first kappa shape index (κ1) is 10.1. The van der Waals surface area contributed by atoms with Gasteiger partial charge in [0.05, 0.1) is 5.69 Å². The lowest BCUT2D eigenvalue weighted by Gasteiger charge is -2.27. The Morgan fingerprint density at radius 2 is 2.29 bits per heavy atom. The predicted octanol–water partition coefficient (Wildman–Crippen LogP) is 1.41. The largest absolute Gasteiger partial charge is 0.325 e. The number of hydrogen-bond acceptors (Lipinski definition) is 4. The molecule has 0 radical (unpaired) electrons. The Balaban J connectivity index is 2.01. The highest BCUT2D eigenvalue weighted by atomic mass is 32.1. The summed E-state index contributed by atoms with van der Waals surface area (Å²) in [5.41, 5.74) is 6.82. The van der Waals surface area contributed by atoms with Crippen molar-refractivity contribution >= 4 is 11.3 Å². The summed E-state index contributed by atoms with van der Waals surface area (Å²) in [4.78, 5) is 6.93. The number of nitrogens with two attached hydrogens (primary N) is 1. The zero-order valence-electron chi connectivity index (χ0n) is 8.57. The fourth-order valence-electron chi connectivity index (χ4n) is 1.91. The first-order chi connectivity index (χ1) is 6.79. The van der Waals surface area contributed by atoms with Crippen molar-refractivity contribution in [3.05, 3.63) is 16.1 Å². The molecule has 1 aromatic heterocycles. The molecule has 2 rings (SSSR count). The molecule has 0 aromatic carbocycles. The van der Waals surface area contributed by atoms with Crippen LogP contribution in [0.1, 0.15) is 29.5 Å². The van der Waals surface area contributed by atoms with Crippen LogP contribution in [0.4, 0.5) is 0 Å². The molecule has 1 aliphatic heterocycles. The van der Waals surface area contributed by atoms with Crippen LogP contribution in [0.25, 0.3) is 0 Å². The van der Waals surface area contributed by atoms with Crippen molar-refractivity contribution in [3.8, 4) is 0 Å². The smallest absolute Gasteiger partial charge is 0.106 e. The lowest BCUT2D eigenvalue weighted by molar-refractivity contribution is 0.253. The van der Waals surface area contributed by atoms with E-state index in [4.69, 9.17) is 5.73 Å². The molecule has 1 fully saturated rings. The summed E-state index contributed by atoms with van der Waals surface area (Å²) in [6.07, 6.45) is 2.48. The minimum atomic E-state index is 0.581. The number of rotatable bonds is 2. The zero-order chi connectivity index (χ0) is 9.97. The quantitative estimate of drug-likeness (QED) is 0.804. The van der Waals surface area contributed by atoms with Gasteiger partial charge in [-0.05, 0) is 33.0 Å². The number of thiazole rings is 1. The van der Waals surface area contributed by atoms with E-state index in [0.29, 0.717) is 12.5 Å². The molecule has 2 heterocycles. The van der Waals surface area contributed by atoms with Crippen LogP contribution in [0.2, 0.25) is 0 Å². The van der Waals surface area contributed by atoms with Crippen LogP contribution in [-0.2, 0) is 6.54 Å². The summed E-state index contributed by atoms with van der Waals surface area (Å²) < 4.78 is 0. The van der Waals surface area contributed by atoms with Crippen molar-refractivity contribution < 1.29 is 0 Å². The summed E-state index contributed by atoms with van der Waals surface area (Å²) in [5.74, 6) is 0.669. The van der Waals surface area contributed by atoms with E-state index in [1.165, 1.54) is 31.6 Å². The minimum absolute atomic E-state index is 0.581. The van der Waals surface area contributed by atoms with Gasteiger partial charge in [0.1, 0.15) is 5.01 Å². The Morgan fingerprint density at radius 1 is 1.57 bits per heavy atom. The number of hydrogen-bond donors (Lipinski definition) is 1. The Bertz CT molecular complexity index is 289. The monoisotopic (exact) mass is 211 g/mol. The Kier molecular flexibility index (Phi) is 3.15. The maximum atomic E-state index is 5.55. The van der Waals surface area contributed by atoms with Crippen LogP contribution < -0.4 is 5.73 Å². The van der Waals surface area contributed by atoms with Crippen molar-refractivity contribution in [3.63, 3.8) is 0 Å². The molecule has 1 saturated heterocycles. The van der Waals surface area contributed by atoms with Crippen molar-refractivity contribution in [1.29, 1.82) is 0 Å². The maximum absolute atomic E-state index is 5.55. The van der Waals surface area contributed by atoms with Gasteiger partial charge in [0.15, 0.2) is 0 Å². The Morgan fingerprint density at radius 3 is 2.86 bits per heavy atom. The molecule has 0 atom stereocenters. The van der Waals surface area contributed by atoms with Gasteiger partial charge >= 0.3 is 0 Å². The second-order valence-corrected chi connectivity index (χ2v) is 4.89. The van der Waals surface area contributed by atoms with Gasteiger partial charge in [-0.3, -0.25) is 0 Å². The molecule has 4 heteroatoms. The highest BCUT2D eigenvalue weighted by Gasteiger charge is 2.20. The Labute approximate surface area is 88.9 Å². The summed E-state index contributed by atoms with van der Waals surface area (Å²) in [6, 6.07) is 0. The average molecular weight is 211 g/mol. The van der Waals surface area contributed by atoms with Crippen LogP contribution in [0.5, 0.6) is 0 Å². The van der Waals surface area contributed by atoms with E-state index >= 15 is 0 Å². The number of nitrogens with zero attached hydrogens (tertiary/aromatic N) is 2. The lowest BCUT2D eigenvalue weighted by atomic mass is 9.95. The molecular weight excluding hydrogens is 194 g/mol.